The maximum absolute atomic E-state index is 14.6. The second kappa shape index (κ2) is 14.9. The number of nitrogens with two attached hydrogens (primary N) is 3. The average Bonchev–Trinajstić information content (AvgIpc) is 3.54. The number of aromatic nitrogens is 1. The minimum absolute atomic E-state index is 0.00634. The molecule has 280 valence electrons. The molecule has 54 heavy (non-hydrogen) atoms. The maximum atomic E-state index is 14.6. The number of aromatic amines is 1. The minimum atomic E-state index is -1.19. The van der Waals surface area contributed by atoms with E-state index in [0.29, 0.717) is 6.42 Å². The lowest BCUT2D eigenvalue weighted by Gasteiger charge is -2.42. The van der Waals surface area contributed by atoms with E-state index in [0.717, 1.165) is 44.4 Å². The highest BCUT2D eigenvalue weighted by Gasteiger charge is 2.44. The molecule has 15 nitrogen and oxygen atoms in total. The predicted octanol–water partition coefficient (Wildman–Crippen LogP) is 1.50. The molecular formula is C39H43N9O6. The third-order valence-electron chi connectivity index (χ3n) is 10.8. The number of H-pyrrole nitrogens is 1. The fraction of sp³-hybridized carbons (Fsp3) is 0.333. The van der Waals surface area contributed by atoms with E-state index in [1.807, 2.05) is 72.8 Å². The molecule has 0 fully saturated rings. The normalized spacial score (nSPS) is 19.6. The molecule has 3 aliphatic rings. The van der Waals surface area contributed by atoms with Crippen LogP contribution in [0.25, 0.3) is 10.9 Å². The summed E-state index contributed by atoms with van der Waals surface area (Å²) >= 11 is 0. The molecule has 15 heteroatoms. The predicted molar refractivity (Wildman–Crippen MR) is 199 cm³/mol. The Kier molecular flexibility index (Phi) is 9.95. The number of urea groups is 1. The molecule has 0 radical (unpaired) electrons. The van der Waals surface area contributed by atoms with Crippen LogP contribution >= 0.6 is 0 Å². The fourth-order valence-electron chi connectivity index (χ4n) is 8.04. The van der Waals surface area contributed by atoms with Crippen LogP contribution in [0, 0.1) is 0 Å². The number of rotatable bonds is 9. The smallest absolute Gasteiger partial charge is 0.326 e. The Bertz CT molecular complexity index is 2160. The van der Waals surface area contributed by atoms with Gasteiger partial charge in [-0.2, -0.15) is 0 Å². The Morgan fingerprint density at radius 2 is 1.37 bits per heavy atom. The van der Waals surface area contributed by atoms with Crippen LogP contribution in [0.2, 0.25) is 0 Å². The number of guanidine groups is 1. The van der Waals surface area contributed by atoms with E-state index in [1.54, 1.807) is 0 Å². The number of carboxylic acids is 1. The summed E-state index contributed by atoms with van der Waals surface area (Å²) in [5.41, 5.74) is 22.8. The Labute approximate surface area is 311 Å². The van der Waals surface area contributed by atoms with E-state index in [9.17, 15) is 29.1 Å². The molecule has 3 aromatic carbocycles. The minimum Gasteiger partial charge on any atom is -0.480 e. The first-order valence-corrected chi connectivity index (χ1v) is 18.0. The number of nitrogens with one attached hydrogen (secondary N) is 2. The van der Waals surface area contributed by atoms with E-state index in [4.69, 9.17) is 17.2 Å². The first kappa shape index (κ1) is 36.0. The molecule has 1 aromatic heterocycles. The lowest BCUT2D eigenvalue weighted by molar-refractivity contribution is -0.153. The lowest BCUT2D eigenvalue weighted by atomic mass is 9.89. The zero-order valence-electron chi connectivity index (χ0n) is 29.6. The van der Waals surface area contributed by atoms with Crippen molar-refractivity contribution in [3.63, 3.8) is 0 Å². The quantitative estimate of drug-likeness (QED) is 0.0836. The highest BCUT2D eigenvalue weighted by molar-refractivity contribution is 5.96. The van der Waals surface area contributed by atoms with Crippen molar-refractivity contribution in [3.05, 3.63) is 106 Å². The molecule has 0 spiro atoms. The van der Waals surface area contributed by atoms with Gasteiger partial charge in [0.15, 0.2) is 5.96 Å². The van der Waals surface area contributed by atoms with Crippen LogP contribution < -0.4 is 22.5 Å². The van der Waals surface area contributed by atoms with Crippen molar-refractivity contribution in [2.75, 3.05) is 6.54 Å². The average molecular weight is 734 g/mol. The molecule has 4 atom stereocenters. The van der Waals surface area contributed by atoms with E-state index >= 15 is 0 Å². The summed E-state index contributed by atoms with van der Waals surface area (Å²) in [5.74, 6) is -2.90. The summed E-state index contributed by atoms with van der Waals surface area (Å²) in [6, 6.07) is 17.5. The van der Waals surface area contributed by atoms with Crippen molar-refractivity contribution in [2.45, 2.75) is 75.9 Å². The molecular weight excluding hydrogens is 690 g/mol. The first-order valence-electron chi connectivity index (χ1n) is 18.0. The van der Waals surface area contributed by atoms with Gasteiger partial charge in [-0.15, -0.1) is 0 Å². The van der Waals surface area contributed by atoms with E-state index in [1.165, 1.54) is 14.7 Å². The van der Waals surface area contributed by atoms with Gasteiger partial charge in [0.05, 0.1) is 6.54 Å². The molecule has 0 aliphatic carbocycles. The summed E-state index contributed by atoms with van der Waals surface area (Å²) in [6.07, 6.45) is 0.844. The van der Waals surface area contributed by atoms with Crippen LogP contribution in [0.4, 0.5) is 4.79 Å². The van der Waals surface area contributed by atoms with Crippen molar-refractivity contribution < 1.29 is 29.1 Å². The van der Waals surface area contributed by atoms with Crippen molar-refractivity contribution in [1.29, 1.82) is 0 Å². The van der Waals surface area contributed by atoms with Gasteiger partial charge in [-0.1, -0.05) is 66.7 Å². The molecule has 9 N–H and O–H groups in total. The number of carbonyl (C=O) groups is 5. The number of hydrogen-bond donors (Lipinski definition) is 6. The zero-order valence-corrected chi connectivity index (χ0v) is 29.6. The van der Waals surface area contributed by atoms with Crippen LogP contribution in [-0.2, 0) is 58.1 Å². The molecule has 1 unspecified atom stereocenters. The van der Waals surface area contributed by atoms with Gasteiger partial charge < -0.3 is 47.3 Å². The number of carbonyl (C=O) groups excluding carboxylic acids is 4. The standard InChI is InChI=1S/C39H43N9O6/c40-38(41)43-15-7-14-29(35(50)47-21-30-27(18-33(47)37(52)53)26-12-5-6-13-28(26)44-30)45-34(49)31-16-22-8-1-3-10-24(22)19-46(31)36(51)32-17-23-9-2-4-11-25(23)20-48(32)39(42)54/h1-6,8-13,29,31-33,44H,7,14-21H2,(H2,42,54)(H,45,49)(H,52,53)(H4,40,41,43)/t29-,31+,32-,33?/m0/s1. The topological polar surface area (TPSA) is 234 Å². The van der Waals surface area contributed by atoms with Crippen LogP contribution in [0.15, 0.2) is 77.8 Å². The van der Waals surface area contributed by atoms with Crippen LogP contribution in [0.1, 0.15) is 46.4 Å². The fourth-order valence-corrected chi connectivity index (χ4v) is 8.04. The molecule has 3 aliphatic heterocycles. The van der Waals surface area contributed by atoms with Gasteiger partial charge >= 0.3 is 12.0 Å². The Hall–Kier alpha value is -6.38. The highest BCUT2D eigenvalue weighted by Crippen LogP contribution is 2.32. The molecule has 4 heterocycles. The Morgan fingerprint density at radius 1 is 0.759 bits per heavy atom. The van der Waals surface area contributed by atoms with E-state index < -0.39 is 53.9 Å². The lowest BCUT2D eigenvalue weighted by Crippen LogP contribution is -2.62. The van der Waals surface area contributed by atoms with Crippen LogP contribution in [0.3, 0.4) is 0 Å². The summed E-state index contributed by atoms with van der Waals surface area (Å²) in [6.45, 7) is 0.406. The van der Waals surface area contributed by atoms with Gasteiger partial charge in [0.1, 0.15) is 24.2 Å². The third kappa shape index (κ3) is 7.04. The highest BCUT2D eigenvalue weighted by atomic mass is 16.4. The van der Waals surface area contributed by atoms with Gasteiger partial charge in [0, 0.05) is 55.5 Å². The molecule has 0 bridgehead atoms. The summed E-state index contributed by atoms with van der Waals surface area (Å²) in [7, 11) is 0. The van der Waals surface area contributed by atoms with Gasteiger partial charge in [-0.25, -0.2) is 9.59 Å². The summed E-state index contributed by atoms with van der Waals surface area (Å²) in [5, 5.41) is 14.2. The number of nitrogens with zero attached hydrogens (tertiary/aromatic N) is 4. The number of aliphatic imine (C=N–C) groups is 1. The van der Waals surface area contributed by atoms with Crippen molar-refractivity contribution >= 4 is 46.6 Å². The van der Waals surface area contributed by atoms with Crippen molar-refractivity contribution in [1.82, 2.24) is 25.0 Å². The van der Waals surface area contributed by atoms with E-state index in [2.05, 4.69) is 15.3 Å². The molecule has 0 saturated heterocycles. The second-order valence-corrected chi connectivity index (χ2v) is 14.1. The van der Waals surface area contributed by atoms with Crippen molar-refractivity contribution in [3.8, 4) is 0 Å². The number of para-hydroxylation sites is 1. The van der Waals surface area contributed by atoms with Gasteiger partial charge in [0.2, 0.25) is 17.7 Å². The SMILES string of the molecule is NC(=O)N1Cc2ccccc2C[C@H]1C(=O)N1Cc2ccccc2C[C@@H]1C(=O)N[C@@H](CCCN=C(N)N)C(=O)N1Cc2[nH]c3ccccc3c2CC1C(=O)O. The number of aliphatic carboxylic acids is 1. The molecule has 7 rings (SSSR count). The number of benzene rings is 3. The number of primary amides is 1. The number of amides is 5. The molecule has 4 aromatic rings. The number of carboxylic acid groups (broad SMARTS) is 1. The van der Waals surface area contributed by atoms with Gasteiger partial charge in [0.25, 0.3) is 0 Å². The molecule has 5 amide bonds. The third-order valence-corrected chi connectivity index (χ3v) is 10.8. The monoisotopic (exact) mass is 733 g/mol. The van der Waals surface area contributed by atoms with Crippen LogP contribution in [-0.4, -0.2) is 91.2 Å². The second-order valence-electron chi connectivity index (χ2n) is 14.1. The Balaban J connectivity index is 1.19. The zero-order chi connectivity index (χ0) is 38.1. The van der Waals surface area contributed by atoms with E-state index in [-0.39, 0.29) is 57.8 Å². The number of hydrogen-bond acceptors (Lipinski definition) is 6. The number of fused-ring (bicyclic) bond motifs is 5. The van der Waals surface area contributed by atoms with Gasteiger partial charge in [-0.3, -0.25) is 19.4 Å². The first-order chi connectivity index (χ1) is 26.0. The maximum Gasteiger partial charge on any atom is 0.326 e. The molecule has 0 saturated carbocycles. The summed E-state index contributed by atoms with van der Waals surface area (Å²) in [4.78, 5) is 80.4. The van der Waals surface area contributed by atoms with Crippen molar-refractivity contribution in [2.24, 2.45) is 22.2 Å². The van der Waals surface area contributed by atoms with Gasteiger partial charge in [-0.05, 0) is 46.7 Å². The largest absolute Gasteiger partial charge is 0.480 e. The Morgan fingerprint density at radius 3 is 2.02 bits per heavy atom. The summed E-state index contributed by atoms with van der Waals surface area (Å²) < 4.78 is 0. The van der Waals surface area contributed by atoms with Crippen LogP contribution in [0.5, 0.6) is 0 Å².